The molecule has 1 unspecified atom stereocenters. The molecule has 150 valence electrons. The molecule has 1 atom stereocenters. The van der Waals surface area contributed by atoms with Gasteiger partial charge in [0.2, 0.25) is 5.76 Å². The minimum absolute atomic E-state index is 0.0460. The average Bonchev–Trinajstić information content (AvgIpc) is 3.00. The van der Waals surface area contributed by atoms with Crippen molar-refractivity contribution in [3.63, 3.8) is 0 Å². The molecule has 1 amide bonds. The fourth-order valence-corrected chi connectivity index (χ4v) is 3.81. The highest BCUT2D eigenvalue weighted by atomic mass is 16.5. The molecule has 0 radical (unpaired) electrons. The normalized spacial score (nSPS) is 15.8. The summed E-state index contributed by atoms with van der Waals surface area (Å²) in [5.74, 6) is 0.332. The topological polar surface area (TPSA) is 80.0 Å². The molecule has 0 saturated carbocycles. The summed E-state index contributed by atoms with van der Waals surface area (Å²) in [5.41, 5.74) is 2.17. The first-order valence-electron chi connectivity index (χ1n) is 9.77. The van der Waals surface area contributed by atoms with Crippen molar-refractivity contribution in [2.75, 3.05) is 19.8 Å². The molecule has 1 aliphatic rings. The van der Waals surface area contributed by atoms with E-state index < -0.39 is 11.9 Å². The standard InChI is InChI=1S/C23H23NO5/c1-3-11-28-16-6-4-5-15(13-16)20-19-21(26)17-12-14(2)7-8-18(17)29-22(19)23(27)24(20)9-10-25/h4-8,12-13,20,25H,3,9-11H2,1-2H3. The van der Waals surface area contributed by atoms with Crippen LogP contribution < -0.4 is 10.2 Å². The fourth-order valence-electron chi connectivity index (χ4n) is 3.81. The SMILES string of the molecule is CCCOc1cccc(C2c3c(oc4ccc(C)cc4c3=O)C(=O)N2CCO)c1. The largest absolute Gasteiger partial charge is 0.494 e. The van der Waals surface area contributed by atoms with Crippen LogP contribution in [0.15, 0.2) is 51.7 Å². The molecular weight excluding hydrogens is 370 g/mol. The zero-order valence-corrected chi connectivity index (χ0v) is 16.5. The number of β-amino-alcohol motifs (C(OH)–C–C–N with tert-alkyl or cyclic N) is 1. The zero-order chi connectivity index (χ0) is 20.5. The number of amides is 1. The van der Waals surface area contributed by atoms with Gasteiger partial charge in [-0.15, -0.1) is 0 Å². The molecule has 6 heteroatoms. The third kappa shape index (κ3) is 3.29. The van der Waals surface area contributed by atoms with E-state index in [2.05, 4.69) is 0 Å². The van der Waals surface area contributed by atoms with E-state index in [1.165, 1.54) is 4.90 Å². The first kappa shape index (κ1) is 19.2. The van der Waals surface area contributed by atoms with Gasteiger partial charge >= 0.3 is 0 Å². The van der Waals surface area contributed by atoms with Crippen molar-refractivity contribution in [1.82, 2.24) is 4.90 Å². The lowest BCUT2D eigenvalue weighted by Crippen LogP contribution is -2.32. The summed E-state index contributed by atoms with van der Waals surface area (Å²) < 4.78 is 11.6. The minimum atomic E-state index is -0.629. The summed E-state index contributed by atoms with van der Waals surface area (Å²) >= 11 is 0. The van der Waals surface area contributed by atoms with Gasteiger partial charge in [0, 0.05) is 6.54 Å². The maximum absolute atomic E-state index is 13.4. The van der Waals surface area contributed by atoms with Crippen LogP contribution in [0.5, 0.6) is 5.75 Å². The highest BCUT2D eigenvalue weighted by molar-refractivity contribution is 5.99. The predicted molar refractivity (Wildman–Crippen MR) is 109 cm³/mol. The van der Waals surface area contributed by atoms with E-state index in [9.17, 15) is 14.7 Å². The molecule has 6 nitrogen and oxygen atoms in total. The van der Waals surface area contributed by atoms with Crippen molar-refractivity contribution in [2.45, 2.75) is 26.3 Å². The number of nitrogens with zero attached hydrogens (tertiary/aromatic N) is 1. The first-order chi connectivity index (χ1) is 14.0. The monoisotopic (exact) mass is 393 g/mol. The van der Waals surface area contributed by atoms with Crippen LogP contribution in [0.1, 0.15) is 46.6 Å². The highest BCUT2D eigenvalue weighted by Gasteiger charge is 2.42. The first-order valence-corrected chi connectivity index (χ1v) is 9.77. The lowest BCUT2D eigenvalue weighted by Gasteiger charge is -2.24. The Labute approximate surface area is 168 Å². The molecule has 0 spiro atoms. The van der Waals surface area contributed by atoms with Gasteiger partial charge in [0.05, 0.1) is 30.2 Å². The van der Waals surface area contributed by atoms with Gasteiger partial charge in [0.25, 0.3) is 5.91 Å². The number of aryl methyl sites for hydroxylation is 1. The average molecular weight is 393 g/mol. The van der Waals surface area contributed by atoms with Crippen molar-refractivity contribution >= 4 is 16.9 Å². The molecule has 2 aromatic carbocycles. The number of ether oxygens (including phenoxy) is 1. The molecule has 0 saturated heterocycles. The van der Waals surface area contributed by atoms with Gasteiger partial charge in [-0.25, -0.2) is 0 Å². The Kier molecular flexibility index (Phi) is 5.11. The number of hydrogen-bond acceptors (Lipinski definition) is 5. The van der Waals surface area contributed by atoms with E-state index in [1.54, 1.807) is 12.1 Å². The lowest BCUT2D eigenvalue weighted by molar-refractivity contribution is 0.0691. The van der Waals surface area contributed by atoms with Crippen molar-refractivity contribution in [3.05, 3.63) is 75.1 Å². The molecule has 3 aromatic rings. The number of carbonyl (C=O) groups excluding carboxylic acids is 1. The van der Waals surface area contributed by atoms with Crippen LogP contribution in [-0.2, 0) is 0 Å². The van der Waals surface area contributed by atoms with Gasteiger partial charge < -0.3 is 19.2 Å². The van der Waals surface area contributed by atoms with E-state index in [-0.39, 0.29) is 24.3 Å². The van der Waals surface area contributed by atoms with E-state index in [0.29, 0.717) is 28.9 Å². The van der Waals surface area contributed by atoms with Crippen LogP contribution in [0.25, 0.3) is 11.0 Å². The van der Waals surface area contributed by atoms with E-state index in [4.69, 9.17) is 9.15 Å². The van der Waals surface area contributed by atoms with Gasteiger partial charge in [-0.3, -0.25) is 9.59 Å². The van der Waals surface area contributed by atoms with Crippen LogP contribution in [0.3, 0.4) is 0 Å². The Morgan fingerprint density at radius 3 is 2.76 bits per heavy atom. The maximum atomic E-state index is 13.4. The number of aliphatic hydroxyl groups excluding tert-OH is 1. The summed E-state index contributed by atoms with van der Waals surface area (Å²) in [6, 6.07) is 12.1. The van der Waals surface area contributed by atoms with Gasteiger partial charge in [-0.2, -0.15) is 0 Å². The van der Waals surface area contributed by atoms with Crippen molar-refractivity contribution in [2.24, 2.45) is 0 Å². The Hall–Kier alpha value is -3.12. The number of fused-ring (bicyclic) bond motifs is 2. The summed E-state index contributed by atoms with van der Waals surface area (Å²) in [4.78, 5) is 27.9. The number of carbonyl (C=O) groups is 1. The van der Waals surface area contributed by atoms with Crippen molar-refractivity contribution < 1.29 is 19.1 Å². The van der Waals surface area contributed by atoms with E-state index in [1.807, 2.05) is 44.2 Å². The zero-order valence-electron chi connectivity index (χ0n) is 16.5. The molecule has 0 bridgehead atoms. The molecule has 29 heavy (non-hydrogen) atoms. The molecule has 2 heterocycles. The van der Waals surface area contributed by atoms with Crippen LogP contribution >= 0.6 is 0 Å². The molecule has 0 fully saturated rings. The fraction of sp³-hybridized carbons (Fsp3) is 0.304. The summed E-state index contributed by atoms with van der Waals surface area (Å²) in [6.07, 6.45) is 0.876. The van der Waals surface area contributed by atoms with Gasteiger partial charge in [0.15, 0.2) is 5.43 Å². The number of aliphatic hydroxyl groups is 1. The van der Waals surface area contributed by atoms with Gasteiger partial charge in [0.1, 0.15) is 11.3 Å². The Bertz CT molecular complexity index is 1130. The third-order valence-corrected chi connectivity index (χ3v) is 5.11. The third-order valence-electron chi connectivity index (χ3n) is 5.11. The van der Waals surface area contributed by atoms with E-state index >= 15 is 0 Å². The Morgan fingerprint density at radius 2 is 2.00 bits per heavy atom. The number of hydrogen-bond donors (Lipinski definition) is 1. The molecule has 4 rings (SSSR count). The van der Waals surface area contributed by atoms with Crippen LogP contribution in [-0.4, -0.2) is 35.7 Å². The number of rotatable bonds is 6. The lowest BCUT2D eigenvalue weighted by atomic mass is 9.98. The predicted octanol–water partition coefficient (Wildman–Crippen LogP) is 3.43. The van der Waals surface area contributed by atoms with Crippen molar-refractivity contribution in [3.8, 4) is 5.75 Å². The highest BCUT2D eigenvalue weighted by Crippen LogP contribution is 2.38. The Morgan fingerprint density at radius 1 is 1.17 bits per heavy atom. The quantitative estimate of drug-likeness (QED) is 0.694. The van der Waals surface area contributed by atoms with Crippen LogP contribution in [0.4, 0.5) is 0 Å². The second-order valence-corrected chi connectivity index (χ2v) is 7.22. The second kappa shape index (κ2) is 7.72. The van der Waals surface area contributed by atoms with E-state index in [0.717, 1.165) is 17.5 Å². The summed E-state index contributed by atoms with van der Waals surface area (Å²) in [6.45, 7) is 4.39. The maximum Gasteiger partial charge on any atom is 0.290 e. The summed E-state index contributed by atoms with van der Waals surface area (Å²) in [7, 11) is 0. The van der Waals surface area contributed by atoms with Gasteiger partial charge in [-0.05, 0) is 43.2 Å². The Balaban J connectivity index is 1.92. The summed E-state index contributed by atoms with van der Waals surface area (Å²) in [5, 5.41) is 9.98. The molecule has 1 N–H and O–H groups in total. The van der Waals surface area contributed by atoms with Gasteiger partial charge in [-0.1, -0.05) is 30.7 Å². The van der Waals surface area contributed by atoms with Crippen LogP contribution in [0.2, 0.25) is 0 Å². The second-order valence-electron chi connectivity index (χ2n) is 7.22. The molecule has 1 aliphatic heterocycles. The minimum Gasteiger partial charge on any atom is -0.494 e. The molecule has 1 aromatic heterocycles. The molecular formula is C23H23NO5. The van der Waals surface area contributed by atoms with Crippen LogP contribution in [0, 0.1) is 6.92 Å². The smallest absolute Gasteiger partial charge is 0.290 e. The molecule has 0 aliphatic carbocycles. The van der Waals surface area contributed by atoms with Crippen molar-refractivity contribution in [1.29, 1.82) is 0 Å². The number of benzene rings is 2.